The van der Waals surface area contributed by atoms with Crippen molar-refractivity contribution >= 4 is 33.5 Å². The molecule has 0 saturated heterocycles. The molecule has 0 amide bonds. The minimum Gasteiger partial charge on any atom is -0.494 e. The predicted molar refractivity (Wildman–Crippen MR) is 292 cm³/mol. The molecule has 0 saturated carbocycles. The first-order chi connectivity index (χ1) is 35.5. The lowest BCUT2D eigenvalue weighted by Gasteiger charge is -2.25. The molecule has 72 heavy (non-hydrogen) atoms. The first kappa shape index (κ1) is 47.0. The van der Waals surface area contributed by atoms with Crippen molar-refractivity contribution in [2.24, 2.45) is 0 Å². The number of rotatable bonds is 17. The summed E-state index contributed by atoms with van der Waals surface area (Å²) in [7, 11) is 0. The van der Waals surface area contributed by atoms with Gasteiger partial charge in [0.15, 0.2) is 0 Å². The molecule has 10 aromatic carbocycles. The van der Waals surface area contributed by atoms with Gasteiger partial charge in [-0.05, 0) is 129 Å². The van der Waals surface area contributed by atoms with Crippen molar-refractivity contribution in [2.45, 2.75) is 39.5 Å². The molecule has 0 radical (unpaired) electrons. The third kappa shape index (κ3) is 9.99. The lowest BCUT2D eigenvalue weighted by atomic mass is 9.82. The van der Waals surface area contributed by atoms with Gasteiger partial charge in [-0.15, -0.1) is 0 Å². The minimum absolute atomic E-state index is 0.318. The van der Waals surface area contributed by atoms with Crippen LogP contribution >= 0.6 is 0 Å². The Morgan fingerprint density at radius 1 is 0.361 bits per heavy atom. The lowest BCUT2D eigenvalue weighted by Crippen LogP contribution is -2.13. The Bertz CT molecular complexity index is 3240. The van der Waals surface area contributed by atoms with Crippen LogP contribution in [0.4, 0.5) is 0 Å². The Kier molecular flexibility index (Phi) is 14.3. The zero-order chi connectivity index (χ0) is 49.2. The van der Waals surface area contributed by atoms with Crippen molar-refractivity contribution in [1.82, 2.24) is 0 Å². The average Bonchev–Trinajstić information content (AvgIpc) is 3.44. The van der Waals surface area contributed by atoms with Crippen molar-refractivity contribution in [3.63, 3.8) is 0 Å². The van der Waals surface area contributed by atoms with E-state index in [4.69, 9.17) is 18.9 Å². The van der Waals surface area contributed by atoms with Crippen LogP contribution in [0.15, 0.2) is 218 Å². The molecule has 0 fully saturated rings. The maximum atomic E-state index is 15.1. The summed E-state index contributed by atoms with van der Waals surface area (Å²) in [6.07, 6.45) is 3.86. The largest absolute Gasteiger partial charge is 0.494 e. The average molecular weight is 943 g/mol. The molecule has 0 unspecified atom stereocenters. The number of esters is 2. The zero-order valence-corrected chi connectivity index (χ0v) is 40.5. The molecule has 0 spiro atoms. The van der Waals surface area contributed by atoms with Gasteiger partial charge in [0, 0.05) is 21.9 Å². The number of unbranched alkanes of at least 4 members (excludes halogenated alkanes) is 2. The van der Waals surface area contributed by atoms with E-state index >= 15 is 9.59 Å². The molecular weight excluding hydrogens is 889 g/mol. The number of ether oxygens (including phenoxy) is 4. The van der Waals surface area contributed by atoms with E-state index in [0.29, 0.717) is 58.5 Å². The molecular formula is C66H54O6. The summed E-state index contributed by atoms with van der Waals surface area (Å²) in [5.74, 6) is 0.866. The first-order valence-corrected chi connectivity index (χ1v) is 24.8. The van der Waals surface area contributed by atoms with E-state index in [9.17, 15) is 0 Å². The summed E-state index contributed by atoms with van der Waals surface area (Å²) in [5, 5.41) is 3.15. The standard InChI is InChI=1S/C66H54O6/c1-3-5-41-69-53-37-33-49(34-38-53)65(67)71-63-59-51(29-19-31-55(59)45-21-11-7-12-22-45)43-57(47-25-15-9-16-26-47)61(63)62-58(48-27-17-10-18-28-48)44-52-30-20-32-56(46-23-13-8-14-24-46)60(52)64(62)72-66(68)50-35-39-54(40-36-50)70-42-6-4-2/h7-40,43-44H,3-6,41-42H2,1-2H3. The number of hydrogen-bond donors (Lipinski definition) is 0. The number of carbonyl (C=O) groups is 2. The number of fused-ring (bicyclic) bond motifs is 2. The fourth-order valence-electron chi connectivity index (χ4n) is 9.29. The third-order valence-electron chi connectivity index (χ3n) is 12.9. The normalized spacial score (nSPS) is 11.1. The third-order valence-corrected chi connectivity index (χ3v) is 12.9. The molecule has 0 aliphatic heterocycles. The van der Waals surface area contributed by atoms with Crippen molar-refractivity contribution < 1.29 is 28.5 Å². The van der Waals surface area contributed by atoms with E-state index in [1.807, 2.05) is 109 Å². The highest BCUT2D eigenvalue weighted by Crippen LogP contribution is 2.55. The topological polar surface area (TPSA) is 71.1 Å². The molecule has 6 nitrogen and oxygen atoms in total. The predicted octanol–water partition coefficient (Wildman–Crippen LogP) is 17.1. The van der Waals surface area contributed by atoms with E-state index in [-0.39, 0.29) is 0 Å². The van der Waals surface area contributed by atoms with Gasteiger partial charge >= 0.3 is 11.9 Å². The summed E-state index contributed by atoms with van der Waals surface area (Å²) >= 11 is 0. The molecule has 6 heteroatoms. The van der Waals surface area contributed by atoms with Crippen molar-refractivity contribution in [1.29, 1.82) is 0 Å². The second-order valence-corrected chi connectivity index (χ2v) is 17.8. The molecule has 0 aliphatic rings. The van der Waals surface area contributed by atoms with Gasteiger partial charge in [-0.2, -0.15) is 0 Å². The quantitative estimate of drug-likeness (QED) is 0.0514. The van der Waals surface area contributed by atoms with Gasteiger partial charge in [-0.1, -0.05) is 184 Å². The number of carbonyl (C=O) groups excluding carboxylic acids is 2. The van der Waals surface area contributed by atoms with Crippen LogP contribution in [0.2, 0.25) is 0 Å². The smallest absolute Gasteiger partial charge is 0.343 e. The number of hydrogen-bond acceptors (Lipinski definition) is 6. The van der Waals surface area contributed by atoms with Gasteiger partial charge in [0.1, 0.15) is 23.0 Å². The zero-order valence-electron chi connectivity index (χ0n) is 40.5. The van der Waals surface area contributed by atoms with Gasteiger partial charge < -0.3 is 18.9 Å². The highest BCUT2D eigenvalue weighted by atomic mass is 16.5. The molecule has 10 rings (SSSR count). The van der Waals surface area contributed by atoms with Gasteiger partial charge in [-0.3, -0.25) is 0 Å². The SMILES string of the molecule is CCCCOc1ccc(C(=O)Oc2c(-c3c(-c4ccccc4)cc4cccc(-c5ccccc5)c4c3OC(=O)c3ccc(OCCCC)cc3)c(-c3ccccc3)cc3cccc(-c4ccccc4)c23)cc1. The van der Waals surface area contributed by atoms with Crippen LogP contribution in [-0.2, 0) is 0 Å². The minimum atomic E-state index is -0.558. The fraction of sp³-hybridized carbons (Fsp3) is 0.121. The van der Waals surface area contributed by atoms with Crippen LogP contribution in [-0.4, -0.2) is 25.2 Å². The molecule has 10 aromatic rings. The van der Waals surface area contributed by atoms with Gasteiger partial charge in [-0.25, -0.2) is 9.59 Å². The molecule has 0 aliphatic carbocycles. The summed E-state index contributed by atoms with van der Waals surface area (Å²) in [6.45, 7) is 5.40. The van der Waals surface area contributed by atoms with E-state index in [0.717, 1.165) is 91.7 Å². The number of benzene rings is 10. The summed E-state index contributed by atoms with van der Waals surface area (Å²) in [6, 6.07) is 71.3. The summed E-state index contributed by atoms with van der Waals surface area (Å²) < 4.78 is 26.1. The molecule has 0 bridgehead atoms. The van der Waals surface area contributed by atoms with Crippen molar-refractivity contribution in [2.75, 3.05) is 13.2 Å². The molecule has 354 valence electrons. The molecule has 0 N–H and O–H groups in total. The molecule has 0 atom stereocenters. The Labute approximate surface area is 421 Å². The highest BCUT2D eigenvalue weighted by molar-refractivity contribution is 6.17. The van der Waals surface area contributed by atoms with Crippen LogP contribution in [0.3, 0.4) is 0 Å². The van der Waals surface area contributed by atoms with Crippen LogP contribution in [0, 0.1) is 0 Å². The van der Waals surface area contributed by atoms with Crippen molar-refractivity contribution in [3.8, 4) is 78.6 Å². The van der Waals surface area contributed by atoms with Gasteiger partial charge in [0.25, 0.3) is 0 Å². The first-order valence-electron chi connectivity index (χ1n) is 24.8. The Morgan fingerprint density at radius 2 is 0.694 bits per heavy atom. The van der Waals surface area contributed by atoms with E-state index in [2.05, 4.69) is 98.8 Å². The van der Waals surface area contributed by atoms with Crippen LogP contribution in [0.1, 0.15) is 60.2 Å². The van der Waals surface area contributed by atoms with Crippen molar-refractivity contribution in [3.05, 3.63) is 230 Å². The Hall–Kier alpha value is -8.74. The Balaban J connectivity index is 1.33. The summed E-state index contributed by atoms with van der Waals surface area (Å²) in [4.78, 5) is 30.2. The van der Waals surface area contributed by atoms with Gasteiger partial charge in [0.2, 0.25) is 0 Å². The second-order valence-electron chi connectivity index (χ2n) is 17.8. The van der Waals surface area contributed by atoms with Crippen LogP contribution in [0.5, 0.6) is 23.0 Å². The van der Waals surface area contributed by atoms with E-state index in [1.165, 1.54) is 0 Å². The van der Waals surface area contributed by atoms with Gasteiger partial charge in [0.05, 0.1) is 24.3 Å². The maximum Gasteiger partial charge on any atom is 0.343 e. The second kappa shape index (κ2) is 21.9. The lowest BCUT2D eigenvalue weighted by molar-refractivity contribution is 0.0725. The maximum absolute atomic E-state index is 15.1. The molecule has 0 heterocycles. The summed E-state index contributed by atoms with van der Waals surface area (Å²) in [5.41, 5.74) is 8.75. The fourth-order valence-corrected chi connectivity index (χ4v) is 9.29. The van der Waals surface area contributed by atoms with E-state index in [1.54, 1.807) is 24.3 Å². The van der Waals surface area contributed by atoms with E-state index < -0.39 is 11.9 Å². The van der Waals surface area contributed by atoms with Crippen LogP contribution < -0.4 is 18.9 Å². The monoisotopic (exact) mass is 942 g/mol. The molecule has 0 aromatic heterocycles. The highest BCUT2D eigenvalue weighted by Gasteiger charge is 2.31. The Morgan fingerprint density at radius 3 is 1.03 bits per heavy atom. The van der Waals surface area contributed by atoms with Crippen LogP contribution in [0.25, 0.3) is 77.2 Å².